The molecule has 0 heterocycles. The van der Waals surface area contributed by atoms with Crippen LogP contribution in [0.3, 0.4) is 0 Å². The van der Waals surface area contributed by atoms with Crippen LogP contribution in [0.25, 0.3) is 5.32 Å². The summed E-state index contributed by atoms with van der Waals surface area (Å²) in [6, 6.07) is 10.4. The molecule has 0 aromatic heterocycles. The number of hydrogen-bond donors (Lipinski definition) is 0. The third kappa shape index (κ3) is 6.61. The van der Waals surface area contributed by atoms with Crippen LogP contribution in [0.15, 0.2) is 30.3 Å². The first-order valence-electron chi connectivity index (χ1n) is 5.10. The standard InChI is InChI=1S/C12H18N.Na/c1-2-3-7-10-13-11-12-8-5-4-6-9-12;/h4-6,8-9H,2-3,7,10-11H2,1H3;/q-1;+1. The molecule has 1 aromatic carbocycles. The molecule has 0 aliphatic carbocycles. The van der Waals surface area contributed by atoms with Gasteiger partial charge in [-0.25, -0.2) is 0 Å². The summed E-state index contributed by atoms with van der Waals surface area (Å²) >= 11 is 0. The zero-order valence-corrected chi connectivity index (χ0v) is 11.4. The molecule has 1 rings (SSSR count). The third-order valence-electron chi connectivity index (χ3n) is 2.06. The number of nitrogens with zero attached hydrogens (tertiary/aromatic N) is 1. The van der Waals surface area contributed by atoms with E-state index in [2.05, 4.69) is 36.5 Å². The van der Waals surface area contributed by atoms with E-state index in [-0.39, 0.29) is 29.6 Å². The second-order valence-electron chi connectivity index (χ2n) is 3.30. The third-order valence-corrected chi connectivity index (χ3v) is 2.06. The predicted octanol–water partition coefficient (Wildman–Crippen LogP) is 0.754. The number of unbranched alkanes of at least 4 members (excludes halogenated alkanes) is 2. The van der Waals surface area contributed by atoms with Crippen LogP contribution in [0.5, 0.6) is 0 Å². The second-order valence-corrected chi connectivity index (χ2v) is 3.30. The van der Waals surface area contributed by atoms with Crippen molar-refractivity contribution in [3.05, 3.63) is 41.2 Å². The molecule has 0 spiro atoms. The quantitative estimate of drug-likeness (QED) is 0.474. The molecule has 0 N–H and O–H groups in total. The van der Waals surface area contributed by atoms with E-state index in [9.17, 15) is 0 Å². The van der Waals surface area contributed by atoms with Crippen molar-refractivity contribution in [1.82, 2.24) is 0 Å². The van der Waals surface area contributed by atoms with E-state index in [0.717, 1.165) is 13.1 Å². The van der Waals surface area contributed by atoms with Crippen LogP contribution < -0.4 is 29.6 Å². The van der Waals surface area contributed by atoms with E-state index in [1.54, 1.807) is 0 Å². The molecule has 0 radical (unpaired) electrons. The van der Waals surface area contributed by atoms with Crippen molar-refractivity contribution in [2.45, 2.75) is 32.7 Å². The van der Waals surface area contributed by atoms with Gasteiger partial charge in [-0.15, -0.1) is 13.1 Å². The first-order chi connectivity index (χ1) is 6.43. The molecule has 0 bridgehead atoms. The SMILES string of the molecule is CCCCC[N-]Cc1ccccc1.[Na+]. The minimum atomic E-state index is 0. The Hall–Kier alpha value is 0.180. The summed E-state index contributed by atoms with van der Waals surface area (Å²) in [7, 11) is 0. The largest absolute Gasteiger partial charge is 1.00 e. The zero-order chi connectivity index (χ0) is 9.36. The van der Waals surface area contributed by atoms with Crippen LogP contribution in [-0.2, 0) is 6.54 Å². The monoisotopic (exact) mass is 199 g/mol. The summed E-state index contributed by atoms with van der Waals surface area (Å²) in [6.45, 7) is 4.12. The minimum absolute atomic E-state index is 0. The maximum atomic E-state index is 4.48. The molecule has 2 heteroatoms. The topological polar surface area (TPSA) is 14.1 Å². The Bertz CT molecular complexity index is 211. The summed E-state index contributed by atoms with van der Waals surface area (Å²) in [5.74, 6) is 0. The normalized spacial score (nSPS) is 9.50. The average Bonchev–Trinajstić information content (AvgIpc) is 2.19. The van der Waals surface area contributed by atoms with Gasteiger partial charge in [0, 0.05) is 0 Å². The maximum absolute atomic E-state index is 4.48. The summed E-state index contributed by atoms with van der Waals surface area (Å²) in [5, 5.41) is 4.48. The van der Waals surface area contributed by atoms with Gasteiger partial charge in [-0.2, -0.15) is 0 Å². The van der Waals surface area contributed by atoms with Gasteiger partial charge in [0.1, 0.15) is 0 Å². The Morgan fingerprint density at radius 2 is 1.79 bits per heavy atom. The number of rotatable bonds is 6. The average molecular weight is 199 g/mol. The van der Waals surface area contributed by atoms with E-state index in [0.29, 0.717) is 0 Å². The van der Waals surface area contributed by atoms with Gasteiger partial charge < -0.3 is 5.32 Å². The van der Waals surface area contributed by atoms with Gasteiger partial charge in [0.2, 0.25) is 0 Å². The molecular weight excluding hydrogens is 181 g/mol. The van der Waals surface area contributed by atoms with E-state index in [4.69, 9.17) is 0 Å². The van der Waals surface area contributed by atoms with Gasteiger partial charge in [0.25, 0.3) is 0 Å². The Morgan fingerprint density at radius 3 is 2.43 bits per heavy atom. The molecule has 1 aromatic rings. The zero-order valence-electron chi connectivity index (χ0n) is 9.37. The summed E-state index contributed by atoms with van der Waals surface area (Å²) < 4.78 is 0. The number of benzene rings is 1. The van der Waals surface area contributed by atoms with Crippen molar-refractivity contribution < 1.29 is 29.6 Å². The van der Waals surface area contributed by atoms with E-state index < -0.39 is 0 Å². The first-order valence-corrected chi connectivity index (χ1v) is 5.10. The van der Waals surface area contributed by atoms with Crippen LogP contribution in [0.1, 0.15) is 31.7 Å². The second kappa shape index (κ2) is 9.72. The molecule has 14 heavy (non-hydrogen) atoms. The minimum Gasteiger partial charge on any atom is -0.658 e. The van der Waals surface area contributed by atoms with Crippen LogP contribution >= 0.6 is 0 Å². The molecular formula is C12H18NNa. The fourth-order valence-corrected chi connectivity index (χ4v) is 1.27. The molecule has 0 amide bonds. The fourth-order valence-electron chi connectivity index (χ4n) is 1.27. The van der Waals surface area contributed by atoms with Crippen molar-refractivity contribution in [3.8, 4) is 0 Å². The Labute approximate surface area is 110 Å². The van der Waals surface area contributed by atoms with Gasteiger partial charge in [0.05, 0.1) is 0 Å². The van der Waals surface area contributed by atoms with Crippen molar-refractivity contribution >= 4 is 0 Å². The molecule has 0 fully saturated rings. The first kappa shape index (κ1) is 14.2. The molecule has 0 atom stereocenters. The molecule has 1 nitrogen and oxygen atoms in total. The van der Waals surface area contributed by atoms with Crippen LogP contribution in [0.4, 0.5) is 0 Å². The van der Waals surface area contributed by atoms with Gasteiger partial charge in [-0.05, 0) is 0 Å². The maximum Gasteiger partial charge on any atom is 1.00 e. The van der Waals surface area contributed by atoms with Crippen molar-refractivity contribution in [2.24, 2.45) is 0 Å². The van der Waals surface area contributed by atoms with Gasteiger partial charge in [0.15, 0.2) is 0 Å². The van der Waals surface area contributed by atoms with E-state index >= 15 is 0 Å². The van der Waals surface area contributed by atoms with Crippen LogP contribution in [0, 0.1) is 0 Å². The molecule has 72 valence electrons. The summed E-state index contributed by atoms with van der Waals surface area (Å²) in [5.41, 5.74) is 1.32. The van der Waals surface area contributed by atoms with E-state index in [1.807, 2.05) is 6.07 Å². The van der Waals surface area contributed by atoms with E-state index in [1.165, 1.54) is 24.8 Å². The van der Waals surface area contributed by atoms with Gasteiger partial charge >= 0.3 is 29.6 Å². The Morgan fingerprint density at radius 1 is 1.07 bits per heavy atom. The number of hydrogen-bond acceptors (Lipinski definition) is 0. The molecule has 0 aliphatic heterocycles. The van der Waals surface area contributed by atoms with Crippen LogP contribution in [0.2, 0.25) is 0 Å². The predicted molar refractivity (Wildman–Crippen MR) is 57.9 cm³/mol. The van der Waals surface area contributed by atoms with Crippen LogP contribution in [-0.4, -0.2) is 6.54 Å². The fraction of sp³-hybridized carbons (Fsp3) is 0.500. The Balaban J connectivity index is 0.00000169. The molecule has 0 saturated heterocycles. The van der Waals surface area contributed by atoms with Crippen molar-refractivity contribution in [1.29, 1.82) is 0 Å². The molecule has 0 aliphatic rings. The molecule has 0 saturated carbocycles. The Kier molecular flexibility index (Phi) is 9.85. The smallest absolute Gasteiger partial charge is 0.658 e. The van der Waals surface area contributed by atoms with Crippen molar-refractivity contribution in [2.75, 3.05) is 6.54 Å². The molecule has 0 unspecified atom stereocenters. The van der Waals surface area contributed by atoms with Gasteiger partial charge in [-0.3, -0.25) is 0 Å². The van der Waals surface area contributed by atoms with Crippen molar-refractivity contribution in [3.63, 3.8) is 0 Å². The van der Waals surface area contributed by atoms with Gasteiger partial charge in [-0.1, -0.05) is 62.1 Å². The summed E-state index contributed by atoms with van der Waals surface area (Å²) in [6.07, 6.45) is 3.82. The summed E-state index contributed by atoms with van der Waals surface area (Å²) in [4.78, 5) is 0.